The average molecular weight is 404 g/mol. The fourth-order valence-electron chi connectivity index (χ4n) is 2.23. The Hall–Kier alpha value is -3.16. The lowest BCUT2D eigenvalue weighted by Gasteiger charge is -2.01. The molecule has 1 amide bonds. The van der Waals surface area contributed by atoms with Crippen molar-refractivity contribution in [3.8, 4) is 11.3 Å². The molecule has 0 unspecified atom stereocenters. The maximum atomic E-state index is 12.0. The molecule has 136 valence electrons. The second-order valence-electron chi connectivity index (χ2n) is 5.33. The molecular weight excluding hydrogens is 393 g/mol. The van der Waals surface area contributed by atoms with Crippen molar-refractivity contribution in [1.29, 1.82) is 0 Å². The van der Waals surface area contributed by atoms with Gasteiger partial charge in [-0.2, -0.15) is 5.10 Å². The monoisotopic (exact) mass is 403 g/mol. The molecule has 3 aromatic rings. The first kappa shape index (κ1) is 18.6. The number of rotatable bonds is 5. The molecule has 7 nitrogen and oxygen atoms in total. The normalized spacial score (nSPS) is 10.9. The van der Waals surface area contributed by atoms with Crippen LogP contribution in [0.1, 0.15) is 16.1 Å². The van der Waals surface area contributed by atoms with E-state index in [1.54, 1.807) is 30.3 Å². The number of halogens is 2. The van der Waals surface area contributed by atoms with E-state index < -0.39 is 10.8 Å². The summed E-state index contributed by atoms with van der Waals surface area (Å²) in [6.45, 7) is 0. The van der Waals surface area contributed by atoms with Crippen molar-refractivity contribution in [3.05, 3.63) is 86.1 Å². The Kier molecular flexibility index (Phi) is 5.54. The molecule has 0 radical (unpaired) electrons. The summed E-state index contributed by atoms with van der Waals surface area (Å²) in [5, 5.41) is 15.5. The van der Waals surface area contributed by atoms with E-state index in [1.807, 2.05) is 0 Å². The van der Waals surface area contributed by atoms with E-state index in [1.165, 1.54) is 24.4 Å². The summed E-state index contributed by atoms with van der Waals surface area (Å²) in [5.41, 5.74) is 2.85. The Morgan fingerprint density at radius 1 is 1.15 bits per heavy atom. The van der Waals surface area contributed by atoms with Gasteiger partial charge in [-0.1, -0.05) is 29.3 Å². The molecular formula is C18H11Cl2N3O4. The number of nitro groups is 1. The number of hydrazone groups is 1. The maximum Gasteiger partial charge on any atom is 0.271 e. The van der Waals surface area contributed by atoms with Crippen molar-refractivity contribution in [3.63, 3.8) is 0 Å². The lowest BCUT2D eigenvalue weighted by molar-refractivity contribution is -0.384. The molecule has 2 aromatic carbocycles. The Morgan fingerprint density at radius 3 is 2.74 bits per heavy atom. The molecule has 0 saturated heterocycles. The highest BCUT2D eigenvalue weighted by atomic mass is 35.5. The molecule has 0 spiro atoms. The number of furan rings is 1. The fourth-order valence-corrected chi connectivity index (χ4v) is 2.62. The van der Waals surface area contributed by atoms with Crippen LogP contribution >= 0.6 is 23.2 Å². The molecule has 3 rings (SSSR count). The van der Waals surface area contributed by atoms with Gasteiger partial charge < -0.3 is 4.42 Å². The number of carbonyl (C=O) groups excluding carboxylic acids is 1. The number of hydrogen-bond acceptors (Lipinski definition) is 5. The average Bonchev–Trinajstić information content (AvgIpc) is 3.12. The topological polar surface area (TPSA) is 97.7 Å². The second-order valence-corrected chi connectivity index (χ2v) is 6.18. The minimum absolute atomic E-state index is 0.118. The van der Waals surface area contributed by atoms with E-state index in [0.29, 0.717) is 27.1 Å². The summed E-state index contributed by atoms with van der Waals surface area (Å²) < 4.78 is 5.61. The van der Waals surface area contributed by atoms with Crippen LogP contribution in [-0.2, 0) is 0 Å². The van der Waals surface area contributed by atoms with Gasteiger partial charge in [-0.15, -0.1) is 0 Å². The van der Waals surface area contributed by atoms with Crippen molar-refractivity contribution >= 4 is 41.0 Å². The third-order valence-corrected chi connectivity index (χ3v) is 4.06. The number of nitro benzene ring substituents is 1. The van der Waals surface area contributed by atoms with E-state index in [9.17, 15) is 14.9 Å². The highest BCUT2D eigenvalue weighted by Crippen LogP contribution is 2.31. The fraction of sp³-hybridized carbons (Fsp3) is 0. The number of amides is 1. The number of benzene rings is 2. The lowest BCUT2D eigenvalue weighted by Crippen LogP contribution is -2.17. The van der Waals surface area contributed by atoms with Crippen molar-refractivity contribution in [2.45, 2.75) is 0 Å². The first-order valence-corrected chi connectivity index (χ1v) is 8.33. The Balaban J connectivity index is 1.69. The van der Waals surface area contributed by atoms with Gasteiger partial charge in [0.15, 0.2) is 0 Å². The van der Waals surface area contributed by atoms with Crippen LogP contribution in [0.2, 0.25) is 10.0 Å². The van der Waals surface area contributed by atoms with Crippen LogP contribution < -0.4 is 5.43 Å². The van der Waals surface area contributed by atoms with Crippen LogP contribution in [0, 0.1) is 10.1 Å². The smallest absolute Gasteiger partial charge is 0.271 e. The van der Waals surface area contributed by atoms with Crippen molar-refractivity contribution in [1.82, 2.24) is 5.43 Å². The molecule has 1 N–H and O–H groups in total. The Morgan fingerprint density at radius 2 is 1.96 bits per heavy atom. The third-order valence-electron chi connectivity index (χ3n) is 3.50. The predicted octanol–water partition coefficient (Wildman–Crippen LogP) is 4.93. The van der Waals surface area contributed by atoms with Crippen LogP contribution in [-0.4, -0.2) is 17.0 Å². The van der Waals surface area contributed by atoms with Crippen LogP contribution in [0.5, 0.6) is 0 Å². The molecule has 0 saturated carbocycles. The second kappa shape index (κ2) is 8.03. The van der Waals surface area contributed by atoms with Crippen LogP contribution in [0.25, 0.3) is 11.3 Å². The summed E-state index contributed by atoms with van der Waals surface area (Å²) in [7, 11) is 0. The van der Waals surface area contributed by atoms with Gasteiger partial charge in [0.2, 0.25) is 0 Å². The summed E-state index contributed by atoms with van der Waals surface area (Å²) in [4.78, 5) is 22.2. The molecule has 9 heteroatoms. The van der Waals surface area contributed by atoms with Crippen LogP contribution in [0.15, 0.2) is 64.1 Å². The minimum Gasteiger partial charge on any atom is -0.455 e. The summed E-state index contributed by atoms with van der Waals surface area (Å²) in [6.07, 6.45) is 1.30. The molecule has 0 aliphatic heterocycles. The molecule has 0 aliphatic carbocycles. The highest BCUT2D eigenvalue weighted by Gasteiger charge is 2.11. The number of hydrogen-bond donors (Lipinski definition) is 1. The van der Waals surface area contributed by atoms with E-state index in [2.05, 4.69) is 10.5 Å². The van der Waals surface area contributed by atoms with Crippen molar-refractivity contribution in [2.75, 3.05) is 0 Å². The summed E-state index contributed by atoms with van der Waals surface area (Å²) in [5.74, 6) is 0.286. The molecule has 0 atom stereocenters. The lowest BCUT2D eigenvalue weighted by atomic mass is 10.2. The summed E-state index contributed by atoms with van der Waals surface area (Å²) >= 11 is 12.1. The van der Waals surface area contributed by atoms with Crippen LogP contribution in [0.4, 0.5) is 5.69 Å². The summed E-state index contributed by atoms with van der Waals surface area (Å²) in [6, 6.07) is 13.7. The molecule has 27 heavy (non-hydrogen) atoms. The first-order valence-electron chi connectivity index (χ1n) is 7.57. The standard InChI is InChI=1S/C18H11Cl2N3O4/c19-12-4-6-16(20)15(9-12)17-7-5-14(27-17)10-21-22-18(24)11-2-1-3-13(8-11)23(25)26/h1-10H,(H,22,24)/b21-10-. The molecule has 0 aliphatic rings. The van der Waals surface area contributed by atoms with Gasteiger partial charge in [-0.05, 0) is 36.4 Å². The Labute approximate surface area is 163 Å². The minimum atomic E-state index is -0.584. The Bertz CT molecular complexity index is 1050. The van der Waals surface area contributed by atoms with Gasteiger partial charge in [0.25, 0.3) is 11.6 Å². The first-order chi connectivity index (χ1) is 12.9. The van der Waals surface area contributed by atoms with E-state index >= 15 is 0 Å². The number of nitrogens with zero attached hydrogens (tertiary/aromatic N) is 2. The van der Waals surface area contributed by atoms with Gasteiger partial charge in [-0.3, -0.25) is 14.9 Å². The van der Waals surface area contributed by atoms with Crippen LogP contribution in [0.3, 0.4) is 0 Å². The van der Waals surface area contributed by atoms with E-state index in [-0.39, 0.29) is 11.3 Å². The molecule has 1 heterocycles. The zero-order valence-corrected chi connectivity index (χ0v) is 15.1. The number of nitrogens with one attached hydrogen (secondary N) is 1. The van der Waals surface area contributed by atoms with Gasteiger partial charge >= 0.3 is 0 Å². The molecule has 0 fully saturated rings. The van der Waals surface area contributed by atoms with E-state index in [0.717, 1.165) is 6.07 Å². The van der Waals surface area contributed by atoms with Crippen molar-refractivity contribution < 1.29 is 14.1 Å². The molecule has 0 bridgehead atoms. The quantitative estimate of drug-likeness (QED) is 0.371. The third kappa shape index (κ3) is 4.52. The number of carbonyl (C=O) groups is 1. The maximum absolute atomic E-state index is 12.0. The zero-order chi connectivity index (χ0) is 19.4. The SMILES string of the molecule is O=C(N/N=C\c1ccc(-c2cc(Cl)ccc2Cl)o1)c1cccc([N+](=O)[O-])c1. The zero-order valence-electron chi connectivity index (χ0n) is 13.6. The molecule has 1 aromatic heterocycles. The van der Waals surface area contributed by atoms with E-state index in [4.69, 9.17) is 27.6 Å². The van der Waals surface area contributed by atoms with Gasteiger partial charge in [0, 0.05) is 28.3 Å². The van der Waals surface area contributed by atoms with Gasteiger partial charge in [0.05, 0.1) is 16.2 Å². The van der Waals surface area contributed by atoms with Gasteiger partial charge in [-0.25, -0.2) is 5.43 Å². The van der Waals surface area contributed by atoms with Crippen molar-refractivity contribution in [2.24, 2.45) is 5.10 Å². The predicted molar refractivity (Wildman–Crippen MR) is 102 cm³/mol. The largest absolute Gasteiger partial charge is 0.455 e. The highest BCUT2D eigenvalue weighted by molar-refractivity contribution is 6.35. The number of non-ortho nitro benzene ring substituents is 1. The van der Waals surface area contributed by atoms with Gasteiger partial charge in [0.1, 0.15) is 11.5 Å².